The summed E-state index contributed by atoms with van der Waals surface area (Å²) in [7, 11) is 0. The Morgan fingerprint density at radius 3 is 2.40 bits per heavy atom. The van der Waals surface area contributed by atoms with E-state index in [1.807, 2.05) is 18.2 Å². The number of anilines is 2. The minimum absolute atomic E-state index is 0.179. The van der Waals surface area contributed by atoms with E-state index in [0.717, 1.165) is 32.5 Å². The molecule has 42 heavy (non-hydrogen) atoms. The standard InChI is InChI=1S/C28H18BrFN4O6S2/c29-15-3-1-2-14(12-15)21-22-23(26(37)33(25(22)36)18-8-10-19(11-9-18)34(39)40)41-27-24(21)42-28(38)32(27)13-20(35)31-17-6-4-16(30)5-7-17/h1-12,21-23H,13H2,(H,31,35)/t21-,22?,23?/m1/s1. The van der Waals surface area contributed by atoms with E-state index in [1.54, 1.807) is 6.07 Å². The Kier molecular flexibility index (Phi) is 7.29. The van der Waals surface area contributed by atoms with Gasteiger partial charge in [-0.3, -0.25) is 33.9 Å². The molecule has 2 aliphatic rings. The summed E-state index contributed by atoms with van der Waals surface area (Å²) in [6.07, 6.45) is 0. The second-order valence-electron chi connectivity index (χ2n) is 9.56. The van der Waals surface area contributed by atoms with Crippen molar-refractivity contribution in [3.8, 4) is 0 Å². The Morgan fingerprint density at radius 2 is 1.74 bits per heavy atom. The van der Waals surface area contributed by atoms with Crippen LogP contribution in [0.15, 0.2) is 87.1 Å². The number of aromatic nitrogens is 1. The van der Waals surface area contributed by atoms with Crippen LogP contribution in [0, 0.1) is 21.8 Å². The number of carbonyl (C=O) groups is 3. The van der Waals surface area contributed by atoms with Crippen molar-refractivity contribution in [1.82, 2.24) is 4.57 Å². The molecule has 4 aromatic rings. The zero-order chi connectivity index (χ0) is 29.7. The monoisotopic (exact) mass is 668 g/mol. The van der Waals surface area contributed by atoms with Gasteiger partial charge >= 0.3 is 4.87 Å². The minimum atomic E-state index is -0.912. The number of non-ortho nitro benzene ring substituents is 1. The van der Waals surface area contributed by atoms with Crippen molar-refractivity contribution < 1.29 is 23.7 Å². The molecule has 212 valence electrons. The van der Waals surface area contributed by atoms with Crippen molar-refractivity contribution in [1.29, 1.82) is 0 Å². The van der Waals surface area contributed by atoms with E-state index in [2.05, 4.69) is 21.2 Å². The van der Waals surface area contributed by atoms with E-state index in [1.165, 1.54) is 53.1 Å². The Hall–Kier alpha value is -4.14. The summed E-state index contributed by atoms with van der Waals surface area (Å²) in [5, 5.41) is 13.3. The highest BCUT2D eigenvalue weighted by atomic mass is 79.9. The first-order valence-corrected chi connectivity index (χ1v) is 14.9. The number of nitro groups is 1. The molecule has 1 fully saturated rings. The van der Waals surface area contributed by atoms with Gasteiger partial charge in [-0.2, -0.15) is 0 Å². The summed E-state index contributed by atoms with van der Waals surface area (Å²) in [5.74, 6) is -3.51. The lowest BCUT2D eigenvalue weighted by molar-refractivity contribution is -0.384. The zero-order valence-electron chi connectivity index (χ0n) is 21.2. The highest BCUT2D eigenvalue weighted by Gasteiger charge is 2.56. The predicted octanol–water partition coefficient (Wildman–Crippen LogP) is 5.15. The first-order valence-electron chi connectivity index (χ1n) is 12.5. The van der Waals surface area contributed by atoms with Gasteiger partial charge in [-0.25, -0.2) is 9.29 Å². The van der Waals surface area contributed by atoms with Gasteiger partial charge in [0.2, 0.25) is 17.7 Å². The van der Waals surface area contributed by atoms with Gasteiger partial charge in [0.25, 0.3) is 5.69 Å². The molecule has 14 heteroatoms. The van der Waals surface area contributed by atoms with Crippen LogP contribution in [0.3, 0.4) is 0 Å². The maximum atomic E-state index is 13.9. The second kappa shape index (κ2) is 10.9. The van der Waals surface area contributed by atoms with Gasteiger partial charge in [0.1, 0.15) is 17.6 Å². The van der Waals surface area contributed by atoms with Crippen LogP contribution >= 0.6 is 39.0 Å². The van der Waals surface area contributed by atoms with E-state index >= 15 is 0 Å². The molecule has 10 nitrogen and oxygen atoms in total. The molecule has 0 aliphatic carbocycles. The van der Waals surface area contributed by atoms with Crippen molar-refractivity contribution in [2.45, 2.75) is 22.7 Å². The van der Waals surface area contributed by atoms with Gasteiger partial charge in [-0.15, -0.1) is 0 Å². The van der Waals surface area contributed by atoms with E-state index in [-0.39, 0.29) is 17.9 Å². The first-order chi connectivity index (χ1) is 20.1. The number of benzene rings is 3. The number of nitro benzene ring substituents is 1. The van der Waals surface area contributed by atoms with Gasteiger partial charge in [-0.05, 0) is 54.1 Å². The maximum absolute atomic E-state index is 13.9. The summed E-state index contributed by atoms with van der Waals surface area (Å²) >= 11 is 5.43. The van der Waals surface area contributed by atoms with Crippen LogP contribution in [0.1, 0.15) is 16.4 Å². The van der Waals surface area contributed by atoms with E-state index in [0.29, 0.717) is 21.2 Å². The maximum Gasteiger partial charge on any atom is 0.308 e. The number of hydrogen-bond donors (Lipinski definition) is 1. The molecule has 1 aromatic heterocycles. The first kappa shape index (κ1) is 28.0. The molecule has 1 saturated heterocycles. The van der Waals surface area contributed by atoms with Crippen molar-refractivity contribution >= 4 is 73.8 Å². The number of thioether (sulfide) groups is 1. The van der Waals surface area contributed by atoms with Gasteiger partial charge in [0, 0.05) is 33.1 Å². The third-order valence-corrected chi connectivity index (χ3v) is 10.1. The third kappa shape index (κ3) is 4.95. The fourth-order valence-electron chi connectivity index (χ4n) is 5.17. The minimum Gasteiger partial charge on any atom is -0.325 e. The predicted molar refractivity (Wildman–Crippen MR) is 158 cm³/mol. The Labute approximate surface area is 253 Å². The SMILES string of the molecule is O=C(Cn1c2c(sc1=O)[C@H](c1cccc(Br)c1)C1C(=O)N(c3ccc([N+](=O)[O-])cc3)C(=O)C1S2)Nc1ccc(F)cc1. The molecule has 0 saturated carbocycles. The number of imide groups is 1. The highest BCUT2D eigenvalue weighted by Crippen LogP contribution is 2.54. The quantitative estimate of drug-likeness (QED) is 0.171. The number of nitrogens with one attached hydrogen (secondary N) is 1. The van der Waals surface area contributed by atoms with Crippen LogP contribution in [-0.2, 0) is 20.9 Å². The van der Waals surface area contributed by atoms with E-state index < -0.39 is 50.4 Å². The van der Waals surface area contributed by atoms with Crippen molar-refractivity contribution in [3.05, 3.63) is 113 Å². The van der Waals surface area contributed by atoms with Gasteiger partial charge in [-0.1, -0.05) is 51.2 Å². The lowest BCUT2D eigenvalue weighted by Gasteiger charge is -2.30. The summed E-state index contributed by atoms with van der Waals surface area (Å²) in [5.41, 5.74) is 1.09. The summed E-state index contributed by atoms with van der Waals surface area (Å²) in [4.78, 5) is 65.6. The molecule has 2 aliphatic heterocycles. The molecule has 3 atom stereocenters. The highest BCUT2D eigenvalue weighted by molar-refractivity contribution is 9.10. The largest absolute Gasteiger partial charge is 0.325 e. The zero-order valence-corrected chi connectivity index (χ0v) is 24.4. The molecule has 2 unspecified atom stereocenters. The van der Waals surface area contributed by atoms with Crippen LogP contribution in [0.5, 0.6) is 0 Å². The third-order valence-electron chi connectivity index (χ3n) is 7.01. The number of thiazole rings is 1. The second-order valence-corrected chi connectivity index (χ2v) is 12.6. The smallest absolute Gasteiger partial charge is 0.308 e. The number of rotatable bonds is 6. The van der Waals surface area contributed by atoms with Crippen molar-refractivity contribution in [3.63, 3.8) is 0 Å². The van der Waals surface area contributed by atoms with Gasteiger partial charge < -0.3 is 5.32 Å². The van der Waals surface area contributed by atoms with Crippen molar-refractivity contribution in [2.24, 2.45) is 5.92 Å². The van der Waals surface area contributed by atoms with Crippen LogP contribution in [0.4, 0.5) is 21.5 Å². The topological polar surface area (TPSA) is 132 Å². The number of fused-ring (bicyclic) bond motifs is 2. The molecule has 3 aromatic carbocycles. The lowest BCUT2D eigenvalue weighted by Crippen LogP contribution is -2.33. The molecule has 1 N–H and O–H groups in total. The Bertz CT molecular complexity index is 1830. The van der Waals surface area contributed by atoms with Crippen LogP contribution in [0.25, 0.3) is 0 Å². The molecular formula is C28H18BrFN4O6S2. The average Bonchev–Trinajstić information content (AvgIpc) is 3.40. The fourth-order valence-corrected chi connectivity index (χ4v) is 8.36. The molecule has 6 rings (SSSR count). The number of amides is 3. The van der Waals surface area contributed by atoms with Gasteiger partial charge in [0.05, 0.1) is 21.6 Å². The number of halogens is 2. The summed E-state index contributed by atoms with van der Waals surface area (Å²) in [6, 6.07) is 17.6. The molecule has 0 spiro atoms. The Balaban J connectivity index is 1.40. The lowest BCUT2D eigenvalue weighted by atomic mass is 9.83. The fraction of sp³-hybridized carbons (Fsp3) is 0.143. The summed E-state index contributed by atoms with van der Waals surface area (Å²) in [6.45, 7) is -0.355. The molecule has 3 heterocycles. The number of nitrogens with zero attached hydrogens (tertiary/aromatic N) is 3. The number of hydrogen-bond acceptors (Lipinski definition) is 8. The Morgan fingerprint density at radius 1 is 1.02 bits per heavy atom. The van der Waals surface area contributed by atoms with Crippen LogP contribution in [-0.4, -0.2) is 32.5 Å². The van der Waals surface area contributed by atoms with E-state index in [4.69, 9.17) is 0 Å². The average molecular weight is 670 g/mol. The molecule has 0 bridgehead atoms. The van der Waals surface area contributed by atoms with Gasteiger partial charge in [0.15, 0.2) is 0 Å². The number of carbonyl (C=O) groups excluding carboxylic acids is 3. The van der Waals surface area contributed by atoms with Crippen LogP contribution in [0.2, 0.25) is 0 Å². The normalized spacial score (nSPS) is 19.4. The molecule has 0 radical (unpaired) electrons. The van der Waals surface area contributed by atoms with Crippen molar-refractivity contribution in [2.75, 3.05) is 10.2 Å². The molecule has 3 amide bonds. The summed E-state index contributed by atoms with van der Waals surface area (Å²) < 4.78 is 15.3. The van der Waals surface area contributed by atoms with E-state index in [9.17, 15) is 33.7 Å². The van der Waals surface area contributed by atoms with Crippen LogP contribution < -0.4 is 15.1 Å². The molecular weight excluding hydrogens is 651 g/mol.